The Morgan fingerprint density at radius 2 is 1.53 bits per heavy atom. The topological polar surface area (TPSA) is 235 Å². The number of aliphatic hydroxyl groups excluding tert-OH is 1. The number of likely N-dealkylation sites (tertiary alicyclic amines) is 1. The van der Waals surface area contributed by atoms with E-state index in [4.69, 9.17) is 0 Å². The molecule has 6 atom stereocenters. The smallest absolute Gasteiger partial charge is 0.303 e. The van der Waals surface area contributed by atoms with Crippen molar-refractivity contribution in [2.24, 2.45) is 5.92 Å². The monoisotopic (exact) mass is 753 g/mol. The van der Waals surface area contributed by atoms with Crippen LogP contribution in [0, 0.1) is 5.92 Å². The molecule has 256 valence electrons. The van der Waals surface area contributed by atoms with Gasteiger partial charge >= 0.3 is 5.97 Å². The number of halogens is 1. The zero-order valence-corrected chi connectivity index (χ0v) is 28.6. The van der Waals surface area contributed by atoms with Crippen molar-refractivity contribution >= 4 is 64.0 Å². The molecule has 0 aromatic rings. The van der Waals surface area contributed by atoms with Gasteiger partial charge in [0.1, 0.15) is 18.1 Å². The fraction of sp³-hybridized carbons (Fsp3) is 0.750. The molecule has 1 aliphatic heterocycles. The summed E-state index contributed by atoms with van der Waals surface area (Å²) in [5.74, 6) is -4.84. The zero-order chi connectivity index (χ0) is 34.3. The van der Waals surface area contributed by atoms with Crippen molar-refractivity contribution in [3.63, 3.8) is 0 Å². The molecule has 1 aliphatic rings. The first-order chi connectivity index (χ1) is 21.1. The third-order valence-corrected chi connectivity index (χ3v) is 7.18. The Kier molecular flexibility index (Phi) is 17.9. The lowest BCUT2D eigenvalue weighted by Crippen LogP contribution is -2.59. The second kappa shape index (κ2) is 20.1. The first-order valence-corrected chi connectivity index (χ1v) is 16.3. The van der Waals surface area contributed by atoms with Gasteiger partial charge in [0, 0.05) is 13.0 Å². The average molecular weight is 754 g/mol. The first-order valence-electron chi connectivity index (χ1n) is 15.1. The summed E-state index contributed by atoms with van der Waals surface area (Å²) in [6.07, 6.45) is -0.760. The molecular weight excluding hydrogens is 705 g/mol. The summed E-state index contributed by atoms with van der Waals surface area (Å²) in [6, 6.07) is -4.32. The minimum absolute atomic E-state index is 0.156. The van der Waals surface area contributed by atoms with Gasteiger partial charge in [0.15, 0.2) is 0 Å². The van der Waals surface area contributed by atoms with Crippen LogP contribution < -0.4 is 31.9 Å². The molecule has 0 saturated carbocycles. The molecule has 8 N–H and O–H groups in total. The molecule has 0 spiro atoms. The van der Waals surface area contributed by atoms with Gasteiger partial charge in [-0.05, 0) is 52.0 Å². The Bertz CT molecular complexity index is 1060. The summed E-state index contributed by atoms with van der Waals surface area (Å²) in [6.45, 7) is 8.86. The lowest BCUT2D eigenvalue weighted by molar-refractivity contribution is -0.142. The van der Waals surface area contributed by atoms with Crippen molar-refractivity contribution in [3.05, 3.63) is 0 Å². The van der Waals surface area contributed by atoms with Crippen LogP contribution in [0.25, 0.3) is 0 Å². The molecule has 0 radical (unpaired) electrons. The highest BCUT2D eigenvalue weighted by molar-refractivity contribution is 14.1. The Balaban J connectivity index is 2.94. The van der Waals surface area contributed by atoms with Gasteiger partial charge in [0.25, 0.3) is 0 Å². The Labute approximate surface area is 277 Å². The Hall–Kier alpha value is -3.06. The fourth-order valence-corrected chi connectivity index (χ4v) is 5.10. The number of carbonyl (C=O) groups excluding carboxylic acids is 6. The average Bonchev–Trinajstić information content (AvgIpc) is 3.44. The van der Waals surface area contributed by atoms with Crippen LogP contribution in [0.5, 0.6) is 0 Å². The highest BCUT2D eigenvalue weighted by Gasteiger charge is 2.39. The minimum Gasteiger partial charge on any atom is -0.481 e. The van der Waals surface area contributed by atoms with Gasteiger partial charge in [-0.25, -0.2) is 0 Å². The van der Waals surface area contributed by atoms with Crippen LogP contribution in [0.15, 0.2) is 0 Å². The van der Waals surface area contributed by atoms with Crippen LogP contribution in [0.4, 0.5) is 0 Å². The lowest BCUT2D eigenvalue weighted by Gasteiger charge is -2.30. The van der Waals surface area contributed by atoms with Gasteiger partial charge in [-0.15, -0.1) is 0 Å². The maximum Gasteiger partial charge on any atom is 0.303 e. The summed E-state index contributed by atoms with van der Waals surface area (Å²) < 4.78 is -0.156. The molecule has 0 aromatic carbocycles. The standard InChI is InChI=1S/C28H48IN7O9/c1-6-30-19(12-15(2)3)28(45)36-11-7-8-20(36)26(43)34-18(9-10-23(40)41)25(42)35-24(16(4)37)27(44)32-13-21(38)31-14-22(39)33-17(5)29/h15-20,24,30,37H,6-14H2,1-5H3,(H,31,38)(H,32,44)(H,33,39)(H,34,43)(H,35,42)(H,40,41)/t16?,17?,18-,19-,20-,24-/m0/s1. The number of aliphatic hydroxyl groups is 1. The minimum atomic E-state index is -1.56. The first kappa shape index (κ1) is 40.0. The molecule has 0 aliphatic carbocycles. The third-order valence-electron chi connectivity index (χ3n) is 6.87. The number of alkyl halides is 1. The van der Waals surface area contributed by atoms with Crippen LogP contribution in [-0.2, 0) is 33.6 Å². The summed E-state index contributed by atoms with van der Waals surface area (Å²) in [7, 11) is 0. The van der Waals surface area contributed by atoms with Gasteiger partial charge in [0.2, 0.25) is 35.4 Å². The number of amides is 6. The maximum atomic E-state index is 13.4. The Morgan fingerprint density at radius 3 is 2.09 bits per heavy atom. The largest absolute Gasteiger partial charge is 0.481 e. The molecule has 2 unspecified atom stereocenters. The van der Waals surface area contributed by atoms with Crippen molar-refractivity contribution in [1.82, 2.24) is 36.8 Å². The van der Waals surface area contributed by atoms with Crippen molar-refractivity contribution in [2.75, 3.05) is 26.2 Å². The molecule has 6 amide bonds. The number of carboxylic acids is 1. The predicted octanol–water partition coefficient (Wildman–Crippen LogP) is -1.65. The number of rotatable bonds is 19. The maximum absolute atomic E-state index is 13.4. The number of likely N-dealkylation sites (N-methyl/N-ethyl adjacent to an activating group) is 1. The number of carboxylic acid groups (broad SMARTS) is 1. The van der Waals surface area contributed by atoms with Crippen LogP contribution in [0.2, 0.25) is 0 Å². The number of hydrogen-bond acceptors (Lipinski definition) is 9. The molecule has 16 nitrogen and oxygen atoms in total. The predicted molar refractivity (Wildman–Crippen MR) is 172 cm³/mol. The van der Waals surface area contributed by atoms with Gasteiger partial charge in [-0.2, -0.15) is 0 Å². The van der Waals surface area contributed by atoms with E-state index in [-0.39, 0.29) is 28.8 Å². The van der Waals surface area contributed by atoms with Crippen LogP contribution in [-0.4, -0.2) is 117 Å². The van der Waals surface area contributed by atoms with Crippen molar-refractivity contribution < 1.29 is 43.8 Å². The second-order valence-corrected chi connectivity index (χ2v) is 13.2. The van der Waals surface area contributed by atoms with Crippen LogP contribution in [0.3, 0.4) is 0 Å². The number of nitrogens with zero attached hydrogens (tertiary/aromatic N) is 1. The lowest BCUT2D eigenvalue weighted by atomic mass is 10.0. The SMILES string of the molecule is CCN[C@@H](CC(C)C)C(=O)N1CCC[C@H]1C(=O)N[C@@H](CCC(=O)O)C(=O)N[C@H](C(=O)NCC(=O)NCC(=O)NC(C)I)C(C)O. The molecule has 0 aromatic heterocycles. The van der Waals surface area contributed by atoms with Crippen LogP contribution in [0.1, 0.15) is 66.7 Å². The van der Waals surface area contributed by atoms with Crippen molar-refractivity contribution in [3.8, 4) is 0 Å². The number of nitrogens with one attached hydrogen (secondary N) is 6. The van der Waals surface area contributed by atoms with Crippen molar-refractivity contribution in [1.29, 1.82) is 0 Å². The zero-order valence-electron chi connectivity index (χ0n) is 26.5. The molecule has 1 fully saturated rings. The quantitative estimate of drug-likeness (QED) is 0.0425. The van der Waals surface area contributed by atoms with E-state index in [2.05, 4.69) is 31.9 Å². The van der Waals surface area contributed by atoms with E-state index in [1.54, 1.807) is 6.92 Å². The van der Waals surface area contributed by atoms with E-state index in [1.165, 1.54) is 11.8 Å². The number of hydrogen-bond donors (Lipinski definition) is 8. The van der Waals surface area contributed by atoms with E-state index in [9.17, 15) is 43.8 Å². The molecule has 0 bridgehead atoms. The third kappa shape index (κ3) is 14.7. The normalized spacial score (nSPS) is 17.8. The van der Waals surface area contributed by atoms with Gasteiger partial charge in [-0.3, -0.25) is 33.6 Å². The molecule has 17 heteroatoms. The van der Waals surface area contributed by atoms with Crippen LogP contribution >= 0.6 is 22.6 Å². The van der Waals surface area contributed by atoms with Crippen molar-refractivity contribution in [2.45, 2.75) is 101 Å². The summed E-state index contributed by atoms with van der Waals surface area (Å²) in [5.41, 5.74) is 0. The molecular formula is C28H48IN7O9. The van der Waals surface area contributed by atoms with Gasteiger partial charge < -0.3 is 47.0 Å². The highest BCUT2D eigenvalue weighted by Crippen LogP contribution is 2.21. The summed E-state index contributed by atoms with van der Waals surface area (Å²) >= 11 is 1.97. The van der Waals surface area contributed by atoms with E-state index in [0.29, 0.717) is 32.4 Å². The highest BCUT2D eigenvalue weighted by atomic mass is 127. The number of aliphatic carboxylic acids is 1. The number of carbonyl (C=O) groups is 7. The summed E-state index contributed by atoms with van der Waals surface area (Å²) in [4.78, 5) is 89.2. The molecule has 1 heterocycles. The van der Waals surface area contributed by atoms with Gasteiger partial charge in [-0.1, -0.05) is 43.4 Å². The molecule has 1 saturated heterocycles. The van der Waals surface area contributed by atoms with E-state index >= 15 is 0 Å². The molecule has 1 rings (SSSR count). The van der Waals surface area contributed by atoms with E-state index < -0.39 is 78.7 Å². The van der Waals surface area contributed by atoms with E-state index in [1.807, 2.05) is 43.4 Å². The van der Waals surface area contributed by atoms with Gasteiger partial charge in [0.05, 0.1) is 29.3 Å². The fourth-order valence-electron chi connectivity index (χ4n) is 4.75. The Morgan fingerprint density at radius 1 is 0.889 bits per heavy atom. The second-order valence-electron chi connectivity index (χ2n) is 11.3. The van der Waals surface area contributed by atoms with E-state index in [0.717, 1.165) is 0 Å². The summed E-state index contributed by atoms with van der Waals surface area (Å²) in [5, 5.41) is 34.6. The molecule has 45 heavy (non-hydrogen) atoms.